The van der Waals surface area contributed by atoms with Gasteiger partial charge in [0.2, 0.25) is 17.4 Å². The molecule has 18 heteroatoms. The average molecular weight is 516 g/mol. The van der Waals surface area contributed by atoms with Gasteiger partial charge in [-0.05, 0) is 12.5 Å². The monoisotopic (exact) mass is 516 g/mol. The Labute approximate surface area is 193 Å². The molecule has 35 heavy (non-hydrogen) atoms. The lowest BCUT2D eigenvalue weighted by atomic mass is 10.2. The fourth-order valence-corrected chi connectivity index (χ4v) is 3.32. The minimum Gasteiger partial charge on any atom is -0.444 e. The van der Waals surface area contributed by atoms with Gasteiger partial charge in [-0.1, -0.05) is 0 Å². The van der Waals surface area contributed by atoms with E-state index in [4.69, 9.17) is 14.5 Å². The Morgan fingerprint density at radius 1 is 1.23 bits per heavy atom. The number of phosphoric acid groups is 1. The second-order valence-corrected chi connectivity index (χ2v) is 8.19. The van der Waals surface area contributed by atoms with Crippen molar-refractivity contribution in [3.8, 4) is 22.9 Å². The summed E-state index contributed by atoms with van der Waals surface area (Å²) in [6, 6.07) is 1.59. The van der Waals surface area contributed by atoms with Crippen LogP contribution in [0.1, 0.15) is 18.7 Å². The quantitative estimate of drug-likeness (QED) is 0.167. The number of nitrogens with zero attached hydrogens (tertiary/aromatic N) is 7. The van der Waals surface area contributed by atoms with Gasteiger partial charge in [0, 0.05) is 25.0 Å². The Bertz CT molecular complexity index is 1390. The van der Waals surface area contributed by atoms with E-state index in [1.807, 2.05) is 5.10 Å². The third-order valence-corrected chi connectivity index (χ3v) is 4.92. The highest BCUT2D eigenvalue weighted by atomic mass is 31.2. The number of phosphoric ester groups is 1. The van der Waals surface area contributed by atoms with Crippen molar-refractivity contribution in [2.75, 3.05) is 6.61 Å². The summed E-state index contributed by atoms with van der Waals surface area (Å²) in [7, 11) is -4.60. The molecule has 4 aromatic rings. The molecule has 4 aromatic heterocycles. The van der Waals surface area contributed by atoms with Crippen LogP contribution in [0.3, 0.4) is 0 Å². The maximum atomic E-state index is 13.0. The zero-order chi connectivity index (χ0) is 25.2. The Morgan fingerprint density at radius 2 is 2.03 bits per heavy atom. The lowest BCUT2D eigenvalue weighted by Crippen LogP contribution is -2.09. The molecular formula is C17H16F3N8O6P. The maximum Gasteiger partial charge on any atom is 0.469 e. The van der Waals surface area contributed by atoms with E-state index in [0.717, 1.165) is 0 Å². The molecule has 0 aliphatic carbocycles. The van der Waals surface area contributed by atoms with Crippen molar-refractivity contribution in [3.05, 3.63) is 36.8 Å². The first kappa shape index (κ1) is 24.5. The van der Waals surface area contributed by atoms with Crippen LogP contribution in [-0.2, 0) is 31.5 Å². The van der Waals surface area contributed by atoms with Crippen LogP contribution >= 0.6 is 7.82 Å². The van der Waals surface area contributed by atoms with Crippen LogP contribution in [-0.4, -0.2) is 61.5 Å². The van der Waals surface area contributed by atoms with Gasteiger partial charge in [0.1, 0.15) is 17.1 Å². The first-order valence-corrected chi connectivity index (χ1v) is 11.3. The number of ether oxygens (including phenoxy) is 1. The van der Waals surface area contributed by atoms with Crippen LogP contribution in [0, 0.1) is 0 Å². The number of carbonyl (C=O) groups excluding carboxylic acids is 1. The number of alkyl halides is 3. The minimum atomic E-state index is -4.73. The van der Waals surface area contributed by atoms with Crippen molar-refractivity contribution in [2.24, 2.45) is 0 Å². The SMILES string of the molecule is O=C(CCCOP(=O)(O)O)OCn1cnc(-c2c(-c3n[nH]c(C(F)(F)F)n3)nc3ncccn23)c1. The van der Waals surface area contributed by atoms with E-state index >= 15 is 0 Å². The summed E-state index contributed by atoms with van der Waals surface area (Å²) < 4.78 is 61.8. The summed E-state index contributed by atoms with van der Waals surface area (Å²) in [6.45, 7) is -0.564. The number of hydrogen-bond donors (Lipinski definition) is 3. The van der Waals surface area contributed by atoms with Gasteiger partial charge in [-0.3, -0.25) is 18.8 Å². The molecule has 0 amide bonds. The number of fused-ring (bicyclic) bond motifs is 1. The summed E-state index contributed by atoms with van der Waals surface area (Å²) in [4.78, 5) is 45.1. The number of rotatable bonds is 9. The number of aromatic amines is 1. The highest BCUT2D eigenvalue weighted by molar-refractivity contribution is 7.46. The van der Waals surface area contributed by atoms with Gasteiger partial charge in [0.15, 0.2) is 6.73 Å². The number of aromatic nitrogens is 8. The molecule has 4 heterocycles. The van der Waals surface area contributed by atoms with Gasteiger partial charge >= 0.3 is 20.0 Å². The zero-order valence-corrected chi connectivity index (χ0v) is 18.3. The van der Waals surface area contributed by atoms with Crippen molar-refractivity contribution in [3.63, 3.8) is 0 Å². The number of nitrogens with one attached hydrogen (secondary N) is 1. The van der Waals surface area contributed by atoms with Gasteiger partial charge in [-0.25, -0.2) is 24.5 Å². The van der Waals surface area contributed by atoms with Crippen LogP contribution in [0.2, 0.25) is 0 Å². The smallest absolute Gasteiger partial charge is 0.444 e. The number of hydrogen-bond acceptors (Lipinski definition) is 9. The van der Waals surface area contributed by atoms with E-state index in [-0.39, 0.29) is 54.9 Å². The fraction of sp³-hybridized carbons (Fsp3) is 0.294. The minimum absolute atomic E-state index is 0.00255. The standard InChI is InChI=1S/C17H16F3N8O6P/c18-17(19,20)15-24-14(25-26-15)12-13(28-5-2-4-21-16(28)23-12)10-7-27(8-22-10)9-33-11(29)3-1-6-34-35(30,31)32/h2,4-5,7-8H,1,3,6,9H2,(H,24,25,26)(H2,30,31,32). The Balaban J connectivity index is 1.51. The zero-order valence-electron chi connectivity index (χ0n) is 17.5. The summed E-state index contributed by atoms with van der Waals surface area (Å²) in [5.41, 5.74) is 0.535. The van der Waals surface area contributed by atoms with Gasteiger partial charge in [-0.15, -0.1) is 0 Å². The van der Waals surface area contributed by atoms with Gasteiger partial charge < -0.3 is 19.1 Å². The second-order valence-electron chi connectivity index (χ2n) is 6.95. The normalized spacial score (nSPS) is 12.4. The molecule has 14 nitrogen and oxygen atoms in total. The molecule has 0 radical (unpaired) electrons. The molecule has 0 saturated carbocycles. The summed E-state index contributed by atoms with van der Waals surface area (Å²) in [5.74, 6) is -2.06. The van der Waals surface area contributed by atoms with E-state index in [2.05, 4.69) is 29.6 Å². The lowest BCUT2D eigenvalue weighted by Gasteiger charge is -2.06. The van der Waals surface area contributed by atoms with E-state index in [9.17, 15) is 22.5 Å². The molecule has 3 N–H and O–H groups in total. The highest BCUT2D eigenvalue weighted by Gasteiger charge is 2.36. The highest BCUT2D eigenvalue weighted by Crippen LogP contribution is 2.36. The average Bonchev–Trinajstić information content (AvgIpc) is 3.51. The summed E-state index contributed by atoms with van der Waals surface area (Å²) in [5, 5.41) is 5.47. The maximum absolute atomic E-state index is 13.0. The van der Waals surface area contributed by atoms with Crippen molar-refractivity contribution in [1.29, 1.82) is 0 Å². The summed E-state index contributed by atoms with van der Waals surface area (Å²) in [6.07, 6.45) is 1.02. The number of imidazole rings is 2. The van der Waals surface area contributed by atoms with Crippen LogP contribution in [0.15, 0.2) is 31.0 Å². The number of esters is 1. The Kier molecular flexibility index (Phi) is 6.66. The molecule has 0 aromatic carbocycles. The van der Waals surface area contributed by atoms with Crippen molar-refractivity contribution >= 4 is 19.6 Å². The van der Waals surface area contributed by atoms with Crippen LogP contribution in [0.5, 0.6) is 0 Å². The molecular weight excluding hydrogens is 500 g/mol. The van der Waals surface area contributed by atoms with Gasteiger partial charge in [0.05, 0.1) is 12.9 Å². The fourth-order valence-electron chi connectivity index (χ4n) is 2.95. The molecule has 0 saturated heterocycles. The molecule has 0 spiro atoms. The van der Waals surface area contributed by atoms with E-state index in [1.54, 1.807) is 12.3 Å². The summed E-state index contributed by atoms with van der Waals surface area (Å²) >= 11 is 0. The molecule has 0 bridgehead atoms. The molecule has 4 rings (SSSR count). The first-order valence-electron chi connectivity index (χ1n) is 9.72. The number of carbonyl (C=O) groups is 1. The second kappa shape index (κ2) is 9.53. The molecule has 186 valence electrons. The Hall–Kier alpha value is -3.66. The molecule has 0 unspecified atom stereocenters. The van der Waals surface area contributed by atoms with Crippen LogP contribution < -0.4 is 0 Å². The van der Waals surface area contributed by atoms with Gasteiger partial charge in [0.25, 0.3) is 0 Å². The van der Waals surface area contributed by atoms with Crippen molar-refractivity contribution < 1.29 is 41.6 Å². The van der Waals surface area contributed by atoms with E-state index < -0.39 is 25.8 Å². The van der Waals surface area contributed by atoms with Gasteiger partial charge in [-0.2, -0.15) is 18.3 Å². The molecule has 0 aliphatic rings. The van der Waals surface area contributed by atoms with Crippen molar-refractivity contribution in [2.45, 2.75) is 25.7 Å². The predicted molar refractivity (Wildman–Crippen MR) is 108 cm³/mol. The largest absolute Gasteiger partial charge is 0.469 e. The predicted octanol–water partition coefficient (Wildman–Crippen LogP) is 1.79. The topological polar surface area (TPSA) is 183 Å². The van der Waals surface area contributed by atoms with Crippen LogP contribution in [0.25, 0.3) is 28.7 Å². The third kappa shape index (κ3) is 5.89. The molecule has 0 fully saturated rings. The lowest BCUT2D eigenvalue weighted by molar-refractivity contribution is -0.148. The number of H-pyrrole nitrogens is 1. The van der Waals surface area contributed by atoms with Crippen LogP contribution in [0.4, 0.5) is 13.2 Å². The van der Waals surface area contributed by atoms with E-state index in [1.165, 1.54) is 27.7 Å². The molecule has 0 atom stereocenters. The first-order chi connectivity index (χ1) is 16.5. The Morgan fingerprint density at radius 3 is 2.74 bits per heavy atom. The third-order valence-electron chi connectivity index (χ3n) is 4.40. The van der Waals surface area contributed by atoms with E-state index in [0.29, 0.717) is 0 Å². The number of halogens is 3. The molecule has 0 aliphatic heterocycles. The van der Waals surface area contributed by atoms with Crippen molar-refractivity contribution in [1.82, 2.24) is 39.1 Å².